The number of fused-ring (bicyclic) bond motifs is 1. The number of thiophene rings is 1. The Bertz CT molecular complexity index is 1010. The van der Waals surface area contributed by atoms with E-state index in [1.807, 2.05) is 0 Å². The zero-order chi connectivity index (χ0) is 18.0. The van der Waals surface area contributed by atoms with E-state index in [1.165, 1.54) is 22.3 Å². The maximum atomic E-state index is 12.4. The zero-order valence-electron chi connectivity index (χ0n) is 13.3. The van der Waals surface area contributed by atoms with Gasteiger partial charge in [-0.05, 0) is 11.4 Å². The normalized spacial score (nSPS) is 10.8. The number of aromatic amines is 1. The van der Waals surface area contributed by atoms with Crippen molar-refractivity contribution in [2.45, 2.75) is 13.0 Å². The molecule has 9 heteroatoms. The Hall–Kier alpha value is -3.07. The molecule has 0 radical (unpaired) electrons. The van der Waals surface area contributed by atoms with E-state index in [4.69, 9.17) is 0 Å². The van der Waals surface area contributed by atoms with Gasteiger partial charge in [0.05, 0.1) is 23.4 Å². The fourth-order valence-corrected chi connectivity index (χ4v) is 3.17. The molecule has 2 heterocycles. The Morgan fingerprint density at radius 1 is 1.36 bits per heavy atom. The van der Waals surface area contributed by atoms with Crippen molar-refractivity contribution in [1.29, 1.82) is 0 Å². The summed E-state index contributed by atoms with van der Waals surface area (Å²) >= 11 is 1.30. The summed E-state index contributed by atoms with van der Waals surface area (Å²) in [5, 5.41) is 12.8. The molecule has 0 aliphatic rings. The van der Waals surface area contributed by atoms with E-state index < -0.39 is 4.92 Å². The first-order chi connectivity index (χ1) is 12.0. The quantitative estimate of drug-likeness (QED) is 0.555. The molecule has 0 saturated heterocycles. The first-order valence-corrected chi connectivity index (χ1v) is 8.26. The maximum absolute atomic E-state index is 12.4. The molecule has 1 N–H and O–H groups in total. The number of nitro benzene ring substituents is 1. The lowest BCUT2D eigenvalue weighted by Crippen LogP contribution is -2.29. The van der Waals surface area contributed by atoms with E-state index in [-0.39, 0.29) is 30.1 Å². The number of amides is 1. The Morgan fingerprint density at radius 2 is 2.12 bits per heavy atom. The second-order valence-electron chi connectivity index (χ2n) is 5.46. The van der Waals surface area contributed by atoms with E-state index in [2.05, 4.69) is 9.97 Å². The van der Waals surface area contributed by atoms with Crippen LogP contribution in [-0.4, -0.2) is 32.7 Å². The third kappa shape index (κ3) is 3.56. The highest BCUT2D eigenvalue weighted by Crippen LogP contribution is 2.19. The summed E-state index contributed by atoms with van der Waals surface area (Å²) in [5.74, 6) is 0.0664. The van der Waals surface area contributed by atoms with Crippen LogP contribution >= 0.6 is 11.3 Å². The molecule has 25 heavy (non-hydrogen) atoms. The Labute approximate surface area is 145 Å². The lowest BCUT2D eigenvalue weighted by atomic mass is 10.1. The molecular formula is C16H14N4O4S. The molecule has 0 aliphatic heterocycles. The van der Waals surface area contributed by atoms with Gasteiger partial charge in [0.2, 0.25) is 5.91 Å². The molecule has 3 aromatic rings. The molecule has 2 aromatic heterocycles. The van der Waals surface area contributed by atoms with E-state index in [0.29, 0.717) is 21.6 Å². The molecule has 0 spiro atoms. The second-order valence-corrected chi connectivity index (χ2v) is 6.38. The number of para-hydroxylation sites is 1. The number of H-pyrrole nitrogens is 1. The molecular weight excluding hydrogens is 344 g/mol. The fourth-order valence-electron chi connectivity index (χ4n) is 2.45. The summed E-state index contributed by atoms with van der Waals surface area (Å²) in [6.07, 6.45) is -0.0986. The molecule has 0 unspecified atom stereocenters. The number of aromatic nitrogens is 2. The lowest BCUT2D eigenvalue weighted by molar-refractivity contribution is -0.385. The largest absolute Gasteiger partial charge is 0.338 e. The fraction of sp³-hybridized carbons (Fsp3) is 0.188. The standard InChI is InChI=1S/C16H14N4O4S/c1-19(9-13-17-11-6-7-25-15(11)16(22)18-13)14(21)8-10-4-2-3-5-12(10)20(23)24/h2-7H,8-9H2,1H3,(H,17,18,22). The predicted octanol–water partition coefficient (Wildman–Crippen LogP) is 2.09. The van der Waals surface area contributed by atoms with Gasteiger partial charge >= 0.3 is 0 Å². The monoisotopic (exact) mass is 358 g/mol. The average molecular weight is 358 g/mol. The van der Waals surface area contributed by atoms with Crippen molar-refractivity contribution in [2.24, 2.45) is 0 Å². The Balaban J connectivity index is 1.76. The summed E-state index contributed by atoms with van der Waals surface area (Å²) in [6, 6.07) is 7.88. The first-order valence-electron chi connectivity index (χ1n) is 7.38. The van der Waals surface area contributed by atoms with Crippen LogP contribution in [0.4, 0.5) is 5.69 Å². The molecule has 3 rings (SSSR count). The second kappa shape index (κ2) is 6.81. The van der Waals surface area contributed by atoms with Crippen molar-refractivity contribution >= 4 is 33.1 Å². The number of benzene rings is 1. The number of nitrogens with zero attached hydrogens (tertiary/aromatic N) is 3. The lowest BCUT2D eigenvalue weighted by Gasteiger charge is -2.16. The third-order valence-corrected chi connectivity index (χ3v) is 4.61. The first kappa shape index (κ1) is 16.8. The van der Waals surface area contributed by atoms with Gasteiger partial charge < -0.3 is 9.88 Å². The van der Waals surface area contributed by atoms with Crippen molar-refractivity contribution in [2.75, 3.05) is 7.05 Å². The van der Waals surface area contributed by atoms with Gasteiger partial charge in [0, 0.05) is 18.7 Å². The number of carbonyl (C=O) groups excluding carboxylic acids is 1. The highest BCUT2D eigenvalue weighted by atomic mass is 32.1. The van der Waals surface area contributed by atoms with Crippen LogP contribution in [0.1, 0.15) is 11.4 Å². The van der Waals surface area contributed by atoms with E-state index in [0.717, 1.165) is 0 Å². The van der Waals surface area contributed by atoms with Crippen molar-refractivity contribution in [3.05, 3.63) is 67.6 Å². The van der Waals surface area contributed by atoms with Crippen LogP contribution in [0.5, 0.6) is 0 Å². The molecule has 0 aliphatic carbocycles. The Morgan fingerprint density at radius 3 is 2.88 bits per heavy atom. The van der Waals surface area contributed by atoms with Gasteiger partial charge in [0.25, 0.3) is 11.2 Å². The van der Waals surface area contributed by atoms with Gasteiger partial charge in [0.15, 0.2) is 0 Å². The molecule has 1 aromatic carbocycles. The molecule has 0 saturated carbocycles. The number of rotatable bonds is 5. The van der Waals surface area contributed by atoms with Crippen LogP contribution < -0.4 is 5.56 Å². The van der Waals surface area contributed by atoms with E-state index >= 15 is 0 Å². The van der Waals surface area contributed by atoms with Crippen LogP contribution in [0.3, 0.4) is 0 Å². The minimum absolute atomic E-state index is 0.0875. The third-order valence-electron chi connectivity index (χ3n) is 3.71. The highest BCUT2D eigenvalue weighted by molar-refractivity contribution is 7.17. The van der Waals surface area contributed by atoms with Crippen molar-refractivity contribution in [1.82, 2.24) is 14.9 Å². The number of hydrogen-bond donors (Lipinski definition) is 1. The Kier molecular flexibility index (Phi) is 4.57. The molecule has 0 atom stereocenters. The van der Waals surface area contributed by atoms with Gasteiger partial charge in [-0.25, -0.2) is 4.98 Å². The highest BCUT2D eigenvalue weighted by Gasteiger charge is 2.18. The molecule has 1 amide bonds. The van der Waals surface area contributed by atoms with Crippen LogP contribution in [0.2, 0.25) is 0 Å². The number of nitrogens with one attached hydrogen (secondary N) is 1. The summed E-state index contributed by atoms with van der Waals surface area (Å²) in [7, 11) is 1.56. The van der Waals surface area contributed by atoms with Crippen LogP contribution in [0.25, 0.3) is 10.2 Å². The number of nitro groups is 1. The summed E-state index contributed by atoms with van der Waals surface area (Å²) in [4.78, 5) is 43.2. The topological polar surface area (TPSA) is 109 Å². The number of hydrogen-bond acceptors (Lipinski definition) is 6. The van der Waals surface area contributed by atoms with Crippen LogP contribution in [0.15, 0.2) is 40.5 Å². The van der Waals surface area contributed by atoms with Gasteiger partial charge in [-0.3, -0.25) is 19.7 Å². The molecule has 0 fully saturated rings. The summed E-state index contributed by atoms with van der Waals surface area (Å²) < 4.78 is 0.539. The van der Waals surface area contributed by atoms with Gasteiger partial charge in [0.1, 0.15) is 10.5 Å². The number of likely N-dealkylation sites (N-methyl/N-ethyl adjacent to an activating group) is 1. The van der Waals surface area contributed by atoms with E-state index in [9.17, 15) is 19.7 Å². The van der Waals surface area contributed by atoms with Gasteiger partial charge in [-0.2, -0.15) is 0 Å². The van der Waals surface area contributed by atoms with E-state index in [1.54, 1.807) is 36.7 Å². The van der Waals surface area contributed by atoms with Crippen LogP contribution in [0, 0.1) is 10.1 Å². The maximum Gasteiger partial charge on any atom is 0.273 e. The van der Waals surface area contributed by atoms with Gasteiger partial charge in [-0.15, -0.1) is 11.3 Å². The SMILES string of the molecule is CN(Cc1nc2ccsc2c(=O)[nH]1)C(=O)Cc1ccccc1[N+](=O)[O-]. The number of carbonyl (C=O) groups is 1. The molecule has 128 valence electrons. The smallest absolute Gasteiger partial charge is 0.273 e. The average Bonchev–Trinajstić information content (AvgIpc) is 3.04. The summed E-state index contributed by atoms with van der Waals surface area (Å²) in [6.45, 7) is 0.112. The summed E-state index contributed by atoms with van der Waals surface area (Å²) in [5.41, 5.74) is 0.604. The predicted molar refractivity (Wildman–Crippen MR) is 93.5 cm³/mol. The minimum atomic E-state index is -0.508. The van der Waals surface area contributed by atoms with Crippen molar-refractivity contribution in [3.8, 4) is 0 Å². The van der Waals surface area contributed by atoms with Crippen molar-refractivity contribution in [3.63, 3.8) is 0 Å². The van der Waals surface area contributed by atoms with Crippen molar-refractivity contribution < 1.29 is 9.72 Å². The molecule has 8 nitrogen and oxygen atoms in total. The van der Waals surface area contributed by atoms with Gasteiger partial charge in [-0.1, -0.05) is 18.2 Å². The van der Waals surface area contributed by atoms with Crippen LogP contribution in [-0.2, 0) is 17.8 Å². The molecule has 0 bridgehead atoms. The zero-order valence-corrected chi connectivity index (χ0v) is 14.1. The minimum Gasteiger partial charge on any atom is -0.338 e.